The molecule has 3 radical (unpaired) electrons. The normalized spacial score (nSPS) is 18.4. The van der Waals surface area contributed by atoms with Crippen LogP contribution in [0.4, 0.5) is 4.79 Å². The van der Waals surface area contributed by atoms with Gasteiger partial charge in [-0.25, -0.2) is 19.7 Å². The first-order valence-electron chi connectivity index (χ1n) is 25.5. The standard InChI is InChI=1S/C28H22N8.C21H32BNO4.C7H15BO2.CH4.ClH.3V/c29-28(13-4-14-28)20-9-7-19(8-10-20)24-25(18-5-2-1-3-6-18)33-26-21(32-24)11-12-23-34-35-27(36(23)26)22-17-30-15-16-31-22;1-18(2,3)25-17(24)23-21(13-8-14-21)15-9-11-16(12-10-15)22-26-19(4,5)20(6,7)27-22;1-6(2)7(3,4)10-8(5)9-6;;;;;/h1-3,5-12,15-17H,4,13-14,29H2;9-12H,8,13-14H2,1-7H3,(H,23,24);1-5H3;1H4;1H;;;. The van der Waals surface area contributed by atoms with Crippen LogP contribution in [0.15, 0.2) is 110 Å². The van der Waals surface area contributed by atoms with Crippen LogP contribution in [0.5, 0.6) is 0 Å². The molecule has 2 aliphatic heterocycles. The summed E-state index contributed by atoms with van der Waals surface area (Å²) in [7, 11) is -0.440. The quantitative estimate of drug-likeness (QED) is 0.144. The third-order valence-electron chi connectivity index (χ3n) is 15.3. The number of pyridine rings is 1. The number of ether oxygens (including phenoxy) is 1. The Morgan fingerprint density at radius 1 is 0.679 bits per heavy atom. The van der Waals surface area contributed by atoms with Crippen molar-refractivity contribution in [2.75, 3.05) is 0 Å². The van der Waals surface area contributed by atoms with Gasteiger partial charge in [0.2, 0.25) is 0 Å². The van der Waals surface area contributed by atoms with Crippen LogP contribution in [0.3, 0.4) is 0 Å². The van der Waals surface area contributed by atoms with Gasteiger partial charge in [0.15, 0.2) is 17.1 Å². The monoisotopic (exact) mass is 1190 g/mol. The molecule has 7 aromatic rings. The number of fused-ring (bicyclic) bond motifs is 3. The summed E-state index contributed by atoms with van der Waals surface area (Å²) < 4.78 is 30.7. The average Bonchev–Trinajstić information content (AvgIpc) is 3.92. The van der Waals surface area contributed by atoms with Crippen molar-refractivity contribution < 1.29 is 83.8 Å². The molecule has 0 bridgehead atoms. The van der Waals surface area contributed by atoms with E-state index >= 15 is 0 Å². The first-order chi connectivity index (χ1) is 34.4. The van der Waals surface area contributed by atoms with E-state index in [0.717, 1.165) is 71.2 Å². The largest absolute Gasteiger partial charge is 0.494 e. The molecule has 2 aliphatic carbocycles. The number of carbonyl (C=O) groups is 1. The number of nitrogens with zero attached hydrogens (tertiary/aromatic N) is 7. The molecule has 3 N–H and O–H groups in total. The second-order valence-corrected chi connectivity index (χ2v) is 22.8. The summed E-state index contributed by atoms with van der Waals surface area (Å²) in [5, 5.41) is 11.8. The van der Waals surface area contributed by atoms with Crippen molar-refractivity contribution in [1.82, 2.24) is 39.9 Å². The number of halogens is 1. The number of hydrogen-bond donors (Lipinski definition) is 2. The van der Waals surface area contributed by atoms with E-state index in [0.29, 0.717) is 22.8 Å². The van der Waals surface area contributed by atoms with Crippen LogP contribution in [-0.4, -0.2) is 82.9 Å². The second kappa shape index (κ2) is 25.4. The summed E-state index contributed by atoms with van der Waals surface area (Å²) in [5.41, 5.74) is 14.0. The molecule has 2 saturated heterocycles. The van der Waals surface area contributed by atoms with Gasteiger partial charge >= 0.3 is 20.3 Å². The fourth-order valence-corrected chi connectivity index (χ4v) is 9.46. The molecule has 11 rings (SSSR count). The molecule has 3 aromatic carbocycles. The Balaban J connectivity index is 0.000000278. The van der Waals surface area contributed by atoms with E-state index in [9.17, 15) is 4.79 Å². The van der Waals surface area contributed by atoms with Gasteiger partial charge in [0.1, 0.15) is 16.8 Å². The van der Waals surface area contributed by atoms with Crippen molar-refractivity contribution in [1.29, 1.82) is 0 Å². The number of hydrogen-bond acceptors (Lipinski definition) is 13. The van der Waals surface area contributed by atoms with E-state index in [2.05, 4.69) is 117 Å². The molecule has 78 heavy (non-hydrogen) atoms. The Hall–Kier alpha value is -4.06. The van der Waals surface area contributed by atoms with E-state index in [1.807, 2.05) is 86.6 Å². The van der Waals surface area contributed by atoms with Crippen LogP contribution in [0.2, 0.25) is 6.82 Å². The molecule has 6 heterocycles. The number of benzene rings is 3. The molecule has 4 aromatic heterocycles. The zero-order chi connectivity index (χ0) is 52.2. The summed E-state index contributed by atoms with van der Waals surface area (Å²) in [6.07, 6.45) is 10.7. The number of rotatable bonds is 7. The van der Waals surface area contributed by atoms with Crippen molar-refractivity contribution >= 4 is 55.0 Å². The minimum Gasteiger partial charge on any atom is -0.444 e. The van der Waals surface area contributed by atoms with Gasteiger partial charge in [0.05, 0.1) is 45.5 Å². The summed E-state index contributed by atoms with van der Waals surface area (Å²) in [4.78, 5) is 31.2. The third kappa shape index (κ3) is 13.8. The fraction of sp³-hybridized carbons (Fsp3) is 0.456. The average molecular weight is 1190 g/mol. The molecule has 4 aliphatic rings. The smallest absolute Gasteiger partial charge is 0.444 e. The van der Waals surface area contributed by atoms with Gasteiger partial charge in [-0.2, -0.15) is 0 Å². The minimum atomic E-state index is -0.504. The molecule has 21 heteroatoms. The zero-order valence-corrected chi connectivity index (χ0v) is 51.2. The van der Waals surface area contributed by atoms with Crippen LogP contribution in [0, 0.1) is 0 Å². The summed E-state index contributed by atoms with van der Waals surface area (Å²) in [6, 6.07) is 30.6. The second-order valence-electron chi connectivity index (χ2n) is 22.8. The van der Waals surface area contributed by atoms with Crippen LogP contribution in [0.25, 0.3) is 50.8 Å². The van der Waals surface area contributed by atoms with Gasteiger partial charge in [-0.15, -0.1) is 22.6 Å². The first kappa shape index (κ1) is 66.5. The predicted molar refractivity (Wildman–Crippen MR) is 301 cm³/mol. The van der Waals surface area contributed by atoms with Crippen LogP contribution in [-0.2, 0) is 90.1 Å². The van der Waals surface area contributed by atoms with Crippen LogP contribution < -0.4 is 16.5 Å². The SMILES string of the molecule is C.CB1OC(C)(C)C(C)(C)O1.CC(C)(C)OC(=O)NC1(c2ccc(B3OC(C)(C)C(C)(C)O3)cc2)CCC1.Cl.NC1(c2ccc(-c3nc4ccc5nnc(-c6cnccn6)n5c4nc3-c3ccccc3)cc2)CCC1.[V].[V].[V]. The van der Waals surface area contributed by atoms with E-state index in [4.69, 9.17) is 39.1 Å². The summed E-state index contributed by atoms with van der Waals surface area (Å²) in [6.45, 7) is 24.0. The molecule has 411 valence electrons. The Labute approximate surface area is 503 Å². The van der Waals surface area contributed by atoms with E-state index in [-0.39, 0.29) is 129 Å². The molecule has 0 unspecified atom stereocenters. The molecule has 4 fully saturated rings. The third-order valence-corrected chi connectivity index (χ3v) is 15.3. The molecule has 2 saturated carbocycles. The zero-order valence-electron chi connectivity index (χ0n) is 46.2. The van der Waals surface area contributed by atoms with E-state index in [1.54, 1.807) is 18.6 Å². The Morgan fingerprint density at radius 2 is 1.22 bits per heavy atom. The first-order valence-corrected chi connectivity index (χ1v) is 25.5. The molecule has 1 amide bonds. The van der Waals surface area contributed by atoms with Gasteiger partial charge in [0, 0.05) is 84.7 Å². The molecular weight excluding hydrogens is 1120 g/mol. The van der Waals surface area contributed by atoms with Crippen molar-refractivity contribution in [3.63, 3.8) is 0 Å². The Kier molecular flexibility index (Phi) is 21.6. The van der Waals surface area contributed by atoms with Gasteiger partial charge in [-0.3, -0.25) is 9.38 Å². The number of nitrogens with one attached hydrogen (secondary N) is 1. The summed E-state index contributed by atoms with van der Waals surface area (Å²) in [5.74, 6) is 0.572. The molecule has 0 spiro atoms. The van der Waals surface area contributed by atoms with Crippen molar-refractivity contribution in [3.8, 4) is 34.0 Å². The van der Waals surface area contributed by atoms with Gasteiger partial charge in [-0.05, 0) is 150 Å². The number of nitrogens with two attached hydrogens (primary N) is 1. The predicted octanol–water partition coefficient (Wildman–Crippen LogP) is 11.4. The maximum atomic E-state index is 12.3. The Morgan fingerprint density at radius 3 is 1.71 bits per heavy atom. The van der Waals surface area contributed by atoms with Crippen LogP contribution in [0.1, 0.15) is 133 Å². The number of amides is 1. The summed E-state index contributed by atoms with van der Waals surface area (Å²) >= 11 is 0. The molecular formula is C57H74B2ClN9O6V3. The van der Waals surface area contributed by atoms with Gasteiger partial charge < -0.3 is 34.4 Å². The van der Waals surface area contributed by atoms with Crippen molar-refractivity contribution in [2.45, 2.75) is 168 Å². The van der Waals surface area contributed by atoms with E-state index < -0.39 is 5.60 Å². The van der Waals surface area contributed by atoms with Gasteiger partial charge in [0.25, 0.3) is 0 Å². The number of carbonyl (C=O) groups excluding carboxylic acids is 1. The topological polar surface area (TPSA) is 183 Å². The maximum absolute atomic E-state index is 12.3. The van der Waals surface area contributed by atoms with Crippen molar-refractivity contribution in [2.24, 2.45) is 5.73 Å². The molecule has 0 atom stereocenters. The minimum absolute atomic E-state index is 0. The maximum Gasteiger partial charge on any atom is 0.494 e. The van der Waals surface area contributed by atoms with Crippen LogP contribution >= 0.6 is 12.4 Å². The number of alkyl carbamates (subject to hydrolysis) is 1. The fourth-order valence-electron chi connectivity index (χ4n) is 9.46. The van der Waals surface area contributed by atoms with Gasteiger partial charge in [-0.1, -0.05) is 86.3 Å². The van der Waals surface area contributed by atoms with Crippen molar-refractivity contribution in [3.05, 3.63) is 121 Å². The van der Waals surface area contributed by atoms with E-state index in [1.165, 1.54) is 12.0 Å². The Bertz CT molecular complexity index is 3080. The molecule has 15 nitrogen and oxygen atoms in total. The number of aromatic nitrogens is 7.